The van der Waals surface area contributed by atoms with Crippen LogP contribution >= 0.6 is 0 Å². The van der Waals surface area contributed by atoms with Gasteiger partial charge in [0.2, 0.25) is 0 Å². The molecule has 0 N–H and O–H groups in total. The molecule has 3 rings (SSSR count). The van der Waals surface area contributed by atoms with Crippen molar-refractivity contribution in [3.8, 4) is 10.1 Å². The number of aryl methyl sites for hydroxylation is 2. The van der Waals surface area contributed by atoms with Gasteiger partial charge in [-0.25, -0.2) is 0 Å². The monoisotopic (exact) mass is 290 g/mol. The fourth-order valence-corrected chi connectivity index (χ4v) is 3.60. The van der Waals surface area contributed by atoms with Gasteiger partial charge in [-0.05, 0) is 0 Å². The minimum atomic E-state index is 0.208. The summed E-state index contributed by atoms with van der Waals surface area (Å²) in [5.41, 5.74) is 3.48. The molecule has 17 heavy (non-hydrogen) atoms. The van der Waals surface area contributed by atoms with Gasteiger partial charge >= 0.3 is 105 Å². The zero-order valence-electron chi connectivity index (χ0n) is 9.71. The quantitative estimate of drug-likeness (QED) is 0.502. The Morgan fingerprint density at radius 3 is 2.65 bits per heavy atom. The minimum absolute atomic E-state index is 0.208. The second kappa shape index (κ2) is 4.06. The van der Waals surface area contributed by atoms with Crippen molar-refractivity contribution < 1.29 is 4.52 Å². The molecule has 2 heterocycles. The van der Waals surface area contributed by atoms with Crippen molar-refractivity contribution in [2.75, 3.05) is 0 Å². The van der Waals surface area contributed by atoms with E-state index in [2.05, 4.69) is 35.3 Å². The van der Waals surface area contributed by atoms with Crippen LogP contribution in [0.15, 0.2) is 36.5 Å². The van der Waals surface area contributed by atoms with Gasteiger partial charge in [0.15, 0.2) is 0 Å². The predicted molar refractivity (Wildman–Crippen MR) is 67.0 cm³/mol. The normalized spacial score (nSPS) is 10.9. The third-order valence-electron chi connectivity index (χ3n) is 2.75. The van der Waals surface area contributed by atoms with Crippen LogP contribution in [0, 0.1) is 13.8 Å². The van der Waals surface area contributed by atoms with Crippen molar-refractivity contribution in [3.05, 3.63) is 47.8 Å². The molecule has 0 saturated heterocycles. The zero-order valence-corrected chi connectivity index (χ0v) is 11.4. The summed E-state index contributed by atoms with van der Waals surface area (Å²) in [6.07, 6.45) is 2.06. The van der Waals surface area contributed by atoms with Crippen LogP contribution in [0.3, 0.4) is 0 Å². The fourth-order valence-electron chi connectivity index (χ4n) is 1.66. The number of hydrogen-bond acceptors (Lipinski definition) is 2. The van der Waals surface area contributed by atoms with Crippen LogP contribution in [0.2, 0.25) is 0 Å². The van der Waals surface area contributed by atoms with Gasteiger partial charge in [0, 0.05) is 0 Å². The van der Waals surface area contributed by atoms with Crippen LogP contribution < -0.4 is 4.52 Å². The number of nitrogens with zero attached hydrogens (tertiary/aromatic N) is 3. The molecule has 84 valence electrons. The predicted octanol–water partition coefficient (Wildman–Crippen LogP) is 1.56. The van der Waals surface area contributed by atoms with Crippen molar-refractivity contribution in [2.24, 2.45) is 0 Å². The number of hydrogen-bond donors (Lipinski definition) is 0. The number of fused-ring (bicyclic) bond motifs is 1. The van der Waals surface area contributed by atoms with Gasteiger partial charge < -0.3 is 0 Å². The summed E-state index contributed by atoms with van der Waals surface area (Å²) in [5.74, 6) is 0. The molecule has 0 bridgehead atoms. The third-order valence-corrected chi connectivity index (χ3v) is 4.79. The van der Waals surface area contributed by atoms with Gasteiger partial charge in [0.1, 0.15) is 0 Å². The second-order valence-corrected chi connectivity index (χ2v) is 6.02. The van der Waals surface area contributed by atoms with Crippen LogP contribution in [0.25, 0.3) is 14.7 Å². The van der Waals surface area contributed by atoms with Crippen LogP contribution in [0.4, 0.5) is 0 Å². The Morgan fingerprint density at radius 2 is 1.88 bits per heavy atom. The molecule has 2 aromatic heterocycles. The van der Waals surface area contributed by atoms with Gasteiger partial charge in [0.25, 0.3) is 0 Å². The average molecular weight is 289 g/mol. The van der Waals surface area contributed by atoms with E-state index in [0.29, 0.717) is 0 Å². The first-order valence-electron chi connectivity index (χ1n) is 5.46. The van der Waals surface area contributed by atoms with E-state index in [9.17, 15) is 0 Å². The number of benzene rings is 1. The molecule has 0 unspecified atom stereocenters. The first kappa shape index (κ1) is 10.6. The van der Waals surface area contributed by atoms with E-state index in [-0.39, 0.29) is 14.5 Å². The Labute approximate surface area is 106 Å². The molecule has 0 aliphatic heterocycles. The molecule has 1 aromatic carbocycles. The summed E-state index contributed by atoms with van der Waals surface area (Å²) in [6, 6.07) is 10.3. The molecule has 0 saturated carbocycles. The van der Waals surface area contributed by atoms with Crippen molar-refractivity contribution in [1.82, 2.24) is 10.1 Å². The Kier molecular flexibility index (Phi) is 2.54. The number of aromatic nitrogens is 3. The summed E-state index contributed by atoms with van der Waals surface area (Å²) in [4.78, 5) is 4.61. The molecule has 0 aliphatic carbocycles. The molecule has 0 spiro atoms. The van der Waals surface area contributed by atoms with Crippen LogP contribution in [-0.2, 0) is 0 Å². The van der Waals surface area contributed by atoms with E-state index in [4.69, 9.17) is 0 Å². The number of rotatable bonds is 1. The first-order chi connectivity index (χ1) is 8.24. The molecule has 0 amide bonds. The summed E-state index contributed by atoms with van der Waals surface area (Å²) < 4.78 is 4.15. The summed E-state index contributed by atoms with van der Waals surface area (Å²) in [5, 5.41) is 4.62. The fraction of sp³-hybridized carbons (Fsp3) is 0.154. The van der Waals surface area contributed by atoms with Crippen molar-refractivity contribution in [3.63, 3.8) is 0 Å². The van der Waals surface area contributed by atoms with Crippen LogP contribution in [0.5, 0.6) is 0 Å². The topological polar surface area (TPSA) is 29.9 Å². The van der Waals surface area contributed by atoms with Gasteiger partial charge in [-0.2, -0.15) is 0 Å². The van der Waals surface area contributed by atoms with Crippen molar-refractivity contribution in [1.29, 1.82) is 0 Å². The molecule has 3 aromatic rings. The van der Waals surface area contributed by atoms with Gasteiger partial charge in [-0.15, -0.1) is 0 Å². The maximum absolute atomic E-state index is 4.62. The second-order valence-electron chi connectivity index (χ2n) is 4.01. The Balaban J connectivity index is 2.21. The van der Waals surface area contributed by atoms with Gasteiger partial charge in [-0.1, -0.05) is 0 Å². The van der Waals surface area contributed by atoms with E-state index in [1.165, 1.54) is 11.1 Å². The molecule has 0 fully saturated rings. The SMILES string of the molecule is Cc1c[n+]2nc(-c3ccccc3)[se]c2nc1C. The standard InChI is InChI=1S/C13H12N3Se/c1-9-8-16-13(14-10(9)2)17-12(15-16)11-6-4-3-5-7-11/h3-8H,1-2H3/q+1. The molecular weight excluding hydrogens is 277 g/mol. The van der Waals surface area contributed by atoms with E-state index in [0.717, 1.165) is 14.8 Å². The first-order valence-corrected chi connectivity index (χ1v) is 7.17. The van der Waals surface area contributed by atoms with Crippen molar-refractivity contribution >= 4 is 19.0 Å². The van der Waals surface area contributed by atoms with E-state index >= 15 is 0 Å². The van der Waals surface area contributed by atoms with Crippen LogP contribution in [-0.4, -0.2) is 24.6 Å². The van der Waals surface area contributed by atoms with Crippen molar-refractivity contribution in [2.45, 2.75) is 13.8 Å². The molecule has 0 radical (unpaired) electrons. The molecule has 0 atom stereocenters. The summed E-state index contributed by atoms with van der Waals surface area (Å²) in [6.45, 7) is 4.12. The molecule has 3 nitrogen and oxygen atoms in total. The average Bonchev–Trinajstić information content (AvgIpc) is 2.74. The van der Waals surface area contributed by atoms with E-state index in [1.807, 2.05) is 29.6 Å². The summed E-state index contributed by atoms with van der Waals surface area (Å²) >= 11 is 0.208. The van der Waals surface area contributed by atoms with E-state index in [1.54, 1.807) is 0 Å². The summed E-state index contributed by atoms with van der Waals surface area (Å²) in [7, 11) is 0. The van der Waals surface area contributed by atoms with E-state index < -0.39 is 0 Å². The third kappa shape index (κ3) is 1.90. The van der Waals surface area contributed by atoms with Gasteiger partial charge in [-0.3, -0.25) is 0 Å². The van der Waals surface area contributed by atoms with Crippen LogP contribution in [0.1, 0.15) is 11.3 Å². The molecular formula is C13H12N3Se+. The molecule has 0 aliphatic rings. The molecule has 4 heteroatoms. The van der Waals surface area contributed by atoms with Gasteiger partial charge in [0.05, 0.1) is 0 Å². The zero-order chi connectivity index (χ0) is 11.8. The Hall–Kier alpha value is -1.51. The Bertz CT molecular complexity index is 635. The maximum atomic E-state index is 4.62. The Morgan fingerprint density at radius 1 is 1.12 bits per heavy atom.